The molecule has 2 aliphatic rings. The summed E-state index contributed by atoms with van der Waals surface area (Å²) in [6, 6.07) is 10.3. The zero-order valence-corrected chi connectivity index (χ0v) is 8.06. The molecule has 2 heteroatoms. The zero-order valence-electron chi connectivity index (χ0n) is 8.06. The number of fused-ring (bicyclic) bond motifs is 1. The molecule has 1 aliphatic carbocycles. The molecule has 0 aromatic heterocycles. The minimum absolute atomic E-state index is 0.430. The van der Waals surface area contributed by atoms with Crippen LogP contribution in [0.4, 0.5) is 0 Å². The minimum Gasteiger partial charge on any atom is -0.373 e. The maximum atomic E-state index is 5.81. The third kappa shape index (κ3) is 1.68. The highest BCUT2D eigenvalue weighted by molar-refractivity contribution is 5.13. The third-order valence-electron chi connectivity index (χ3n) is 3.01. The lowest BCUT2D eigenvalue weighted by Crippen LogP contribution is -2.11. The number of rotatable bonds is 3. The Morgan fingerprint density at radius 2 is 1.86 bits per heavy atom. The lowest BCUT2D eigenvalue weighted by molar-refractivity contribution is 0.0221. The Morgan fingerprint density at radius 3 is 2.57 bits per heavy atom. The molecule has 1 saturated carbocycles. The summed E-state index contributed by atoms with van der Waals surface area (Å²) in [6.45, 7) is 0.741. The van der Waals surface area contributed by atoms with Crippen molar-refractivity contribution >= 4 is 0 Å². The highest BCUT2D eigenvalue weighted by Gasteiger charge is 2.48. The monoisotopic (exact) mass is 190 g/mol. The molecule has 1 aromatic carbocycles. The molecule has 2 fully saturated rings. The molecule has 0 spiro atoms. The van der Waals surface area contributed by atoms with Gasteiger partial charge in [0.25, 0.3) is 0 Å². The molecule has 74 valence electrons. The summed E-state index contributed by atoms with van der Waals surface area (Å²) in [6.07, 6.45) is 3.67. The van der Waals surface area contributed by atoms with Crippen molar-refractivity contribution in [1.29, 1.82) is 0 Å². The fourth-order valence-corrected chi connectivity index (χ4v) is 2.13. The average molecular weight is 190 g/mol. The Hall–Kier alpha value is -0.860. The van der Waals surface area contributed by atoms with Crippen molar-refractivity contribution in [2.75, 3.05) is 0 Å². The Balaban J connectivity index is 1.50. The second kappa shape index (κ2) is 3.37. The van der Waals surface area contributed by atoms with E-state index in [0.717, 1.165) is 19.4 Å². The first-order chi connectivity index (χ1) is 6.92. The van der Waals surface area contributed by atoms with Crippen LogP contribution in [0.1, 0.15) is 18.4 Å². The topological polar surface area (TPSA) is 21.8 Å². The van der Waals surface area contributed by atoms with Gasteiger partial charge in [-0.2, -0.15) is 0 Å². The van der Waals surface area contributed by atoms with Gasteiger partial charge in [-0.1, -0.05) is 30.3 Å². The van der Waals surface area contributed by atoms with E-state index >= 15 is 0 Å². The number of epoxide rings is 1. The van der Waals surface area contributed by atoms with E-state index in [9.17, 15) is 0 Å². The predicted octanol–water partition coefficient (Wildman–Crippen LogP) is 2.13. The predicted molar refractivity (Wildman–Crippen MR) is 52.9 cm³/mol. The van der Waals surface area contributed by atoms with E-state index in [1.165, 1.54) is 5.56 Å². The second-order valence-corrected chi connectivity index (χ2v) is 4.10. The standard InChI is InChI=1S/C12H14O2/c1-2-4-9(5-3-1)8-13-10-6-11-12(7-10)14-11/h1-5,10-12H,6-8H2/t10?,11-,12?/m0/s1. The van der Waals surface area contributed by atoms with E-state index in [1.54, 1.807) is 0 Å². The van der Waals surface area contributed by atoms with Gasteiger partial charge in [0.05, 0.1) is 24.9 Å². The highest BCUT2D eigenvalue weighted by atomic mass is 16.6. The molecular weight excluding hydrogens is 176 g/mol. The molecule has 0 amide bonds. The first-order valence-corrected chi connectivity index (χ1v) is 5.23. The Kier molecular flexibility index (Phi) is 2.03. The van der Waals surface area contributed by atoms with Crippen molar-refractivity contribution in [1.82, 2.24) is 0 Å². The zero-order chi connectivity index (χ0) is 9.38. The van der Waals surface area contributed by atoms with Crippen LogP contribution in [0.15, 0.2) is 30.3 Å². The Morgan fingerprint density at radius 1 is 1.14 bits per heavy atom. The SMILES string of the molecule is c1ccc(COC2CC3O[C@H]3C2)cc1. The van der Waals surface area contributed by atoms with Crippen molar-refractivity contribution in [3.63, 3.8) is 0 Å². The third-order valence-corrected chi connectivity index (χ3v) is 3.01. The summed E-state index contributed by atoms with van der Waals surface area (Å²) in [5.41, 5.74) is 1.26. The molecule has 0 radical (unpaired) electrons. The van der Waals surface area contributed by atoms with Gasteiger partial charge in [0.2, 0.25) is 0 Å². The van der Waals surface area contributed by atoms with Gasteiger partial charge in [-0.05, 0) is 5.56 Å². The average Bonchev–Trinajstić information content (AvgIpc) is 2.85. The lowest BCUT2D eigenvalue weighted by atomic mass is 10.2. The van der Waals surface area contributed by atoms with Gasteiger partial charge in [-0.15, -0.1) is 0 Å². The quantitative estimate of drug-likeness (QED) is 0.681. The van der Waals surface area contributed by atoms with Gasteiger partial charge in [-0.3, -0.25) is 0 Å². The maximum absolute atomic E-state index is 5.81. The highest BCUT2D eigenvalue weighted by Crippen LogP contribution is 2.39. The van der Waals surface area contributed by atoms with Gasteiger partial charge in [-0.25, -0.2) is 0 Å². The van der Waals surface area contributed by atoms with Crippen molar-refractivity contribution in [3.8, 4) is 0 Å². The fourth-order valence-electron chi connectivity index (χ4n) is 2.13. The summed E-state index contributed by atoms with van der Waals surface area (Å²) in [5.74, 6) is 0. The molecule has 1 aliphatic heterocycles. The normalized spacial score (nSPS) is 34.1. The molecule has 2 nitrogen and oxygen atoms in total. The van der Waals surface area contributed by atoms with E-state index < -0.39 is 0 Å². The van der Waals surface area contributed by atoms with Crippen molar-refractivity contribution in [2.24, 2.45) is 0 Å². The van der Waals surface area contributed by atoms with Crippen molar-refractivity contribution in [2.45, 2.75) is 37.8 Å². The number of hydrogen-bond donors (Lipinski definition) is 0. The molecule has 1 aromatic rings. The van der Waals surface area contributed by atoms with Crippen LogP contribution < -0.4 is 0 Å². The largest absolute Gasteiger partial charge is 0.373 e. The van der Waals surface area contributed by atoms with Gasteiger partial charge < -0.3 is 9.47 Å². The Labute approximate surface area is 83.8 Å². The Bertz CT molecular complexity index is 299. The number of benzene rings is 1. The van der Waals surface area contributed by atoms with Gasteiger partial charge >= 0.3 is 0 Å². The van der Waals surface area contributed by atoms with Crippen LogP contribution in [-0.4, -0.2) is 18.3 Å². The summed E-state index contributed by atoms with van der Waals surface area (Å²) >= 11 is 0. The van der Waals surface area contributed by atoms with E-state index in [2.05, 4.69) is 12.1 Å². The summed E-state index contributed by atoms with van der Waals surface area (Å²) in [7, 11) is 0. The van der Waals surface area contributed by atoms with Crippen LogP contribution in [-0.2, 0) is 16.1 Å². The first-order valence-electron chi connectivity index (χ1n) is 5.23. The molecule has 2 unspecified atom stereocenters. The number of hydrogen-bond acceptors (Lipinski definition) is 2. The molecule has 3 rings (SSSR count). The van der Waals surface area contributed by atoms with Crippen LogP contribution >= 0.6 is 0 Å². The second-order valence-electron chi connectivity index (χ2n) is 4.10. The summed E-state index contributed by atoms with van der Waals surface area (Å²) in [5, 5.41) is 0. The fraction of sp³-hybridized carbons (Fsp3) is 0.500. The molecule has 14 heavy (non-hydrogen) atoms. The van der Waals surface area contributed by atoms with E-state index in [1.807, 2.05) is 18.2 Å². The van der Waals surface area contributed by atoms with Crippen LogP contribution in [0, 0.1) is 0 Å². The van der Waals surface area contributed by atoms with E-state index in [4.69, 9.17) is 9.47 Å². The number of ether oxygens (including phenoxy) is 2. The molecule has 1 heterocycles. The van der Waals surface area contributed by atoms with Gasteiger partial charge in [0.1, 0.15) is 0 Å². The van der Waals surface area contributed by atoms with Crippen molar-refractivity contribution < 1.29 is 9.47 Å². The molecule has 1 saturated heterocycles. The molecular formula is C12H14O2. The van der Waals surface area contributed by atoms with Gasteiger partial charge in [0, 0.05) is 12.8 Å². The van der Waals surface area contributed by atoms with E-state index in [0.29, 0.717) is 18.3 Å². The van der Waals surface area contributed by atoms with Crippen LogP contribution in [0.3, 0.4) is 0 Å². The van der Waals surface area contributed by atoms with Crippen LogP contribution in [0.25, 0.3) is 0 Å². The maximum Gasteiger partial charge on any atom is 0.0867 e. The van der Waals surface area contributed by atoms with Gasteiger partial charge in [0.15, 0.2) is 0 Å². The smallest absolute Gasteiger partial charge is 0.0867 e. The van der Waals surface area contributed by atoms with Crippen molar-refractivity contribution in [3.05, 3.63) is 35.9 Å². The lowest BCUT2D eigenvalue weighted by Gasteiger charge is -2.12. The molecule has 0 N–H and O–H groups in total. The summed E-state index contributed by atoms with van der Waals surface area (Å²) in [4.78, 5) is 0. The summed E-state index contributed by atoms with van der Waals surface area (Å²) < 4.78 is 11.2. The van der Waals surface area contributed by atoms with Crippen LogP contribution in [0.2, 0.25) is 0 Å². The first kappa shape index (κ1) is 8.45. The molecule has 3 atom stereocenters. The molecule has 0 bridgehead atoms. The van der Waals surface area contributed by atoms with Crippen LogP contribution in [0.5, 0.6) is 0 Å². The van der Waals surface area contributed by atoms with E-state index in [-0.39, 0.29) is 0 Å². The minimum atomic E-state index is 0.430.